The van der Waals surface area contributed by atoms with E-state index in [2.05, 4.69) is 40.1 Å². The van der Waals surface area contributed by atoms with E-state index in [0.717, 1.165) is 10.9 Å². The second-order valence-electron chi connectivity index (χ2n) is 7.24. The number of aromatic nitrogens is 2. The summed E-state index contributed by atoms with van der Waals surface area (Å²) in [4.78, 5) is 29.9. The van der Waals surface area contributed by atoms with Gasteiger partial charge in [0.25, 0.3) is 5.56 Å². The highest BCUT2D eigenvalue weighted by Gasteiger charge is 2.14. The summed E-state index contributed by atoms with van der Waals surface area (Å²) in [5.41, 5.74) is 1.76. The van der Waals surface area contributed by atoms with Crippen molar-refractivity contribution in [1.82, 2.24) is 14.9 Å². The molecule has 152 valence electrons. The van der Waals surface area contributed by atoms with Crippen LogP contribution in [-0.4, -0.2) is 27.8 Å². The van der Waals surface area contributed by atoms with Gasteiger partial charge in [0.2, 0.25) is 5.91 Å². The summed E-state index contributed by atoms with van der Waals surface area (Å²) in [6.07, 6.45) is 0.790. The number of carbonyl (C=O) groups excluding carboxylic acids is 1. The lowest BCUT2D eigenvalue weighted by atomic mass is 10.1. The standard InChI is InChI=1S/C22H24BrN3O2S/c1-15(2)13-26-21(28)18-12-17(23)8-9-19(18)25-22(26)29-14-20(27)24-11-10-16-6-4-3-5-7-16/h3-9,12,15H,10-11,13-14H2,1-2H3,(H,24,27). The molecule has 2 aromatic carbocycles. The average molecular weight is 474 g/mol. The van der Waals surface area contributed by atoms with Crippen molar-refractivity contribution in [2.75, 3.05) is 12.3 Å². The number of halogens is 1. The lowest BCUT2D eigenvalue weighted by Crippen LogP contribution is -2.29. The molecule has 0 atom stereocenters. The molecular formula is C22H24BrN3O2S. The Labute approximate surface area is 183 Å². The van der Waals surface area contributed by atoms with Gasteiger partial charge in [0, 0.05) is 17.6 Å². The van der Waals surface area contributed by atoms with Crippen LogP contribution < -0.4 is 10.9 Å². The largest absolute Gasteiger partial charge is 0.355 e. The minimum atomic E-state index is -0.0722. The predicted molar refractivity (Wildman–Crippen MR) is 122 cm³/mol. The van der Waals surface area contributed by atoms with Crippen molar-refractivity contribution in [3.63, 3.8) is 0 Å². The Morgan fingerprint density at radius 2 is 1.97 bits per heavy atom. The third kappa shape index (κ3) is 5.93. The van der Waals surface area contributed by atoms with Crippen LogP contribution in [0.4, 0.5) is 0 Å². The van der Waals surface area contributed by atoms with Crippen molar-refractivity contribution in [2.45, 2.75) is 32.0 Å². The number of hydrogen-bond donors (Lipinski definition) is 1. The monoisotopic (exact) mass is 473 g/mol. The zero-order valence-corrected chi connectivity index (χ0v) is 18.9. The molecule has 1 amide bonds. The number of carbonyl (C=O) groups is 1. The third-order valence-electron chi connectivity index (χ3n) is 4.34. The molecule has 0 saturated carbocycles. The Bertz CT molecular complexity index is 1050. The van der Waals surface area contributed by atoms with E-state index in [1.54, 1.807) is 10.6 Å². The Kier molecular flexibility index (Phi) is 7.50. The van der Waals surface area contributed by atoms with Crippen LogP contribution in [0, 0.1) is 5.92 Å². The molecule has 1 heterocycles. The third-order valence-corrected chi connectivity index (χ3v) is 5.81. The van der Waals surface area contributed by atoms with E-state index in [4.69, 9.17) is 0 Å². The molecule has 1 aromatic heterocycles. The van der Waals surface area contributed by atoms with Gasteiger partial charge in [-0.1, -0.05) is 71.9 Å². The van der Waals surface area contributed by atoms with Gasteiger partial charge in [0.1, 0.15) is 0 Å². The van der Waals surface area contributed by atoms with Gasteiger partial charge in [-0.25, -0.2) is 4.98 Å². The molecule has 5 nitrogen and oxygen atoms in total. The van der Waals surface area contributed by atoms with Gasteiger partial charge in [0.05, 0.1) is 16.7 Å². The number of nitrogens with one attached hydrogen (secondary N) is 1. The summed E-state index contributed by atoms with van der Waals surface area (Å²) >= 11 is 4.72. The summed E-state index contributed by atoms with van der Waals surface area (Å²) in [7, 11) is 0. The Hall–Kier alpha value is -2.12. The molecule has 29 heavy (non-hydrogen) atoms. The van der Waals surface area contributed by atoms with Gasteiger partial charge in [-0.3, -0.25) is 14.2 Å². The predicted octanol–water partition coefficient (Wildman–Crippen LogP) is 4.27. The van der Waals surface area contributed by atoms with Gasteiger partial charge < -0.3 is 5.32 Å². The fraction of sp³-hybridized carbons (Fsp3) is 0.318. The first-order valence-electron chi connectivity index (χ1n) is 9.57. The van der Waals surface area contributed by atoms with Crippen molar-refractivity contribution in [2.24, 2.45) is 5.92 Å². The lowest BCUT2D eigenvalue weighted by Gasteiger charge is -2.15. The maximum absolute atomic E-state index is 13.0. The van der Waals surface area contributed by atoms with Crippen molar-refractivity contribution in [3.8, 4) is 0 Å². The van der Waals surface area contributed by atoms with Crippen molar-refractivity contribution >= 4 is 44.5 Å². The highest BCUT2D eigenvalue weighted by Crippen LogP contribution is 2.21. The maximum atomic E-state index is 13.0. The van der Waals surface area contributed by atoms with Gasteiger partial charge in [-0.2, -0.15) is 0 Å². The fourth-order valence-corrected chi connectivity index (χ4v) is 4.18. The molecule has 0 aliphatic heterocycles. The van der Waals surface area contributed by atoms with Crippen LogP contribution in [0.1, 0.15) is 19.4 Å². The summed E-state index contributed by atoms with van der Waals surface area (Å²) in [5.74, 6) is 0.451. The molecule has 0 aliphatic carbocycles. The summed E-state index contributed by atoms with van der Waals surface area (Å²) in [6, 6.07) is 15.5. The number of amides is 1. The minimum absolute atomic E-state index is 0.0628. The van der Waals surface area contributed by atoms with Gasteiger partial charge >= 0.3 is 0 Å². The molecule has 0 unspecified atom stereocenters. The maximum Gasteiger partial charge on any atom is 0.262 e. The smallest absolute Gasteiger partial charge is 0.262 e. The molecule has 0 bridgehead atoms. The molecule has 3 aromatic rings. The first-order valence-corrected chi connectivity index (χ1v) is 11.4. The molecule has 0 spiro atoms. The van der Waals surface area contributed by atoms with Gasteiger partial charge in [-0.05, 0) is 36.1 Å². The highest BCUT2D eigenvalue weighted by atomic mass is 79.9. The van der Waals surface area contributed by atoms with Crippen molar-refractivity contribution in [3.05, 3.63) is 68.9 Å². The Morgan fingerprint density at radius 1 is 1.21 bits per heavy atom. The first-order chi connectivity index (χ1) is 13.9. The first kappa shape index (κ1) is 21.6. The van der Waals surface area contributed by atoms with Crippen LogP contribution in [0.2, 0.25) is 0 Å². The molecule has 3 rings (SSSR count). The molecule has 0 radical (unpaired) electrons. The van der Waals surface area contributed by atoms with Crippen molar-refractivity contribution in [1.29, 1.82) is 0 Å². The van der Waals surface area contributed by atoms with E-state index >= 15 is 0 Å². The number of nitrogens with zero attached hydrogens (tertiary/aromatic N) is 2. The van der Waals surface area contributed by atoms with E-state index in [9.17, 15) is 9.59 Å². The topological polar surface area (TPSA) is 64.0 Å². The molecule has 7 heteroatoms. The fourth-order valence-electron chi connectivity index (χ4n) is 2.98. The zero-order chi connectivity index (χ0) is 20.8. The van der Waals surface area contributed by atoms with Crippen LogP contribution in [0.5, 0.6) is 0 Å². The van der Waals surface area contributed by atoms with Crippen LogP contribution >= 0.6 is 27.7 Å². The second-order valence-corrected chi connectivity index (χ2v) is 9.10. The van der Waals surface area contributed by atoms with Crippen LogP contribution in [0.3, 0.4) is 0 Å². The van der Waals surface area contributed by atoms with Gasteiger partial charge in [-0.15, -0.1) is 0 Å². The van der Waals surface area contributed by atoms with Crippen molar-refractivity contribution < 1.29 is 4.79 Å². The van der Waals surface area contributed by atoms with Crippen LogP contribution in [0.15, 0.2) is 63.0 Å². The van der Waals surface area contributed by atoms with E-state index < -0.39 is 0 Å². The summed E-state index contributed by atoms with van der Waals surface area (Å²) < 4.78 is 2.53. The second kappa shape index (κ2) is 10.1. The Balaban J connectivity index is 1.70. The van der Waals surface area contributed by atoms with E-state index in [1.165, 1.54) is 17.3 Å². The lowest BCUT2D eigenvalue weighted by molar-refractivity contribution is -0.118. The molecule has 0 saturated heterocycles. The van der Waals surface area contributed by atoms with Crippen LogP contribution in [-0.2, 0) is 17.8 Å². The number of fused-ring (bicyclic) bond motifs is 1. The number of benzene rings is 2. The normalized spacial score (nSPS) is 11.2. The van der Waals surface area contributed by atoms with Gasteiger partial charge in [0.15, 0.2) is 5.16 Å². The zero-order valence-electron chi connectivity index (χ0n) is 16.5. The van der Waals surface area contributed by atoms with E-state index in [0.29, 0.717) is 29.1 Å². The average Bonchev–Trinajstić information content (AvgIpc) is 2.70. The van der Waals surface area contributed by atoms with E-state index in [-0.39, 0.29) is 23.1 Å². The minimum Gasteiger partial charge on any atom is -0.355 e. The number of rotatable bonds is 8. The molecule has 0 aliphatic rings. The molecular weight excluding hydrogens is 450 g/mol. The number of hydrogen-bond acceptors (Lipinski definition) is 4. The quantitative estimate of drug-likeness (QED) is 0.391. The molecule has 1 N–H and O–H groups in total. The molecule has 0 fully saturated rings. The van der Waals surface area contributed by atoms with E-state index in [1.807, 2.05) is 42.5 Å². The summed E-state index contributed by atoms with van der Waals surface area (Å²) in [6.45, 7) is 5.26. The van der Waals surface area contributed by atoms with Crippen LogP contribution in [0.25, 0.3) is 10.9 Å². The number of thioether (sulfide) groups is 1. The Morgan fingerprint density at radius 3 is 2.69 bits per heavy atom. The summed E-state index contributed by atoms with van der Waals surface area (Å²) in [5, 5.41) is 4.10. The highest BCUT2D eigenvalue weighted by molar-refractivity contribution is 9.10. The SMILES string of the molecule is CC(C)Cn1c(SCC(=O)NCCc2ccccc2)nc2ccc(Br)cc2c1=O.